The first-order valence-electron chi connectivity index (χ1n) is 10.0. The van der Waals surface area contributed by atoms with Crippen LogP contribution >= 0.6 is 11.3 Å². The van der Waals surface area contributed by atoms with Crippen LogP contribution in [-0.2, 0) is 27.6 Å². The van der Waals surface area contributed by atoms with Crippen LogP contribution in [0.5, 0.6) is 0 Å². The standard InChI is InChI=1S/C21H26N2O4S2/c1-15(17-7-6-16-4-2-3-5-18(16)14-17)22-21(24)20-19(8-13-28-20)29(25,26)23-9-11-27-12-10-23/h6-8,13-15H,2-5,9-12H2,1H3,(H,22,24). The zero-order valence-corrected chi connectivity index (χ0v) is 18.2. The molecule has 1 fully saturated rings. The number of carbonyl (C=O) groups excluding carboxylic acids is 1. The molecule has 2 aliphatic rings. The molecule has 2 aromatic rings. The summed E-state index contributed by atoms with van der Waals surface area (Å²) in [6.07, 6.45) is 4.64. The normalized spacial score (nSPS) is 18.8. The molecule has 1 N–H and O–H groups in total. The Bertz CT molecular complexity index is 994. The summed E-state index contributed by atoms with van der Waals surface area (Å²) in [5.41, 5.74) is 3.81. The lowest BCUT2D eigenvalue weighted by Gasteiger charge is -2.26. The van der Waals surface area contributed by atoms with Crippen LogP contribution in [0.15, 0.2) is 34.5 Å². The number of aryl methyl sites for hydroxylation is 2. The number of hydrogen-bond acceptors (Lipinski definition) is 5. The van der Waals surface area contributed by atoms with Crippen molar-refractivity contribution >= 4 is 27.3 Å². The van der Waals surface area contributed by atoms with Crippen LogP contribution in [-0.4, -0.2) is 44.9 Å². The van der Waals surface area contributed by atoms with Gasteiger partial charge in [0.05, 0.1) is 19.3 Å². The molecule has 4 rings (SSSR count). The van der Waals surface area contributed by atoms with Crippen molar-refractivity contribution in [2.75, 3.05) is 26.3 Å². The molecule has 29 heavy (non-hydrogen) atoms. The van der Waals surface area contributed by atoms with Crippen LogP contribution in [0, 0.1) is 0 Å². The second-order valence-electron chi connectivity index (χ2n) is 7.56. The molecule has 0 radical (unpaired) electrons. The van der Waals surface area contributed by atoms with E-state index in [4.69, 9.17) is 4.74 Å². The molecule has 1 saturated heterocycles. The Hall–Kier alpha value is -1.74. The first-order chi connectivity index (χ1) is 14.0. The van der Waals surface area contributed by atoms with Gasteiger partial charge in [-0.2, -0.15) is 4.31 Å². The minimum atomic E-state index is -3.70. The summed E-state index contributed by atoms with van der Waals surface area (Å²) in [5, 5.41) is 4.64. The van der Waals surface area contributed by atoms with Gasteiger partial charge in [-0.3, -0.25) is 4.79 Å². The number of ether oxygens (including phenoxy) is 1. The van der Waals surface area contributed by atoms with Gasteiger partial charge in [-0.15, -0.1) is 11.3 Å². The van der Waals surface area contributed by atoms with Crippen molar-refractivity contribution in [3.05, 3.63) is 51.2 Å². The van der Waals surface area contributed by atoms with Gasteiger partial charge in [0.1, 0.15) is 9.77 Å². The average molecular weight is 435 g/mol. The topological polar surface area (TPSA) is 75.7 Å². The first-order valence-corrected chi connectivity index (χ1v) is 12.4. The van der Waals surface area contributed by atoms with Gasteiger partial charge in [0, 0.05) is 13.1 Å². The Morgan fingerprint density at radius 1 is 1.14 bits per heavy atom. The van der Waals surface area contributed by atoms with Crippen molar-refractivity contribution in [2.45, 2.75) is 43.5 Å². The molecule has 8 heteroatoms. The van der Waals surface area contributed by atoms with E-state index < -0.39 is 10.0 Å². The van der Waals surface area contributed by atoms with Crippen molar-refractivity contribution in [2.24, 2.45) is 0 Å². The third kappa shape index (κ3) is 4.26. The lowest BCUT2D eigenvalue weighted by atomic mass is 9.89. The quantitative estimate of drug-likeness (QED) is 0.784. The molecule has 2 heterocycles. The summed E-state index contributed by atoms with van der Waals surface area (Å²) in [6, 6.07) is 7.73. The number of morpholine rings is 1. The van der Waals surface area contributed by atoms with E-state index in [1.54, 1.807) is 5.38 Å². The first kappa shape index (κ1) is 20.5. The largest absolute Gasteiger partial charge is 0.379 e. The number of fused-ring (bicyclic) bond motifs is 1. The Balaban J connectivity index is 1.51. The van der Waals surface area contributed by atoms with Gasteiger partial charge in [-0.25, -0.2) is 8.42 Å². The minimum absolute atomic E-state index is 0.0829. The second-order valence-corrected chi connectivity index (χ2v) is 10.4. The predicted molar refractivity (Wildman–Crippen MR) is 113 cm³/mol. The van der Waals surface area contributed by atoms with Gasteiger partial charge in [-0.05, 0) is 60.7 Å². The fraction of sp³-hybridized carbons (Fsp3) is 0.476. The van der Waals surface area contributed by atoms with E-state index in [9.17, 15) is 13.2 Å². The maximum Gasteiger partial charge on any atom is 0.263 e. The molecule has 156 valence electrons. The smallest absolute Gasteiger partial charge is 0.263 e. The van der Waals surface area contributed by atoms with E-state index in [2.05, 4.69) is 23.5 Å². The summed E-state index contributed by atoms with van der Waals surface area (Å²) in [4.78, 5) is 13.2. The third-order valence-corrected chi connectivity index (χ3v) is 8.63. The number of hydrogen-bond donors (Lipinski definition) is 1. The highest BCUT2D eigenvalue weighted by molar-refractivity contribution is 7.89. The third-order valence-electron chi connectivity index (χ3n) is 5.64. The zero-order valence-electron chi connectivity index (χ0n) is 16.5. The van der Waals surface area contributed by atoms with Crippen LogP contribution < -0.4 is 5.32 Å². The number of rotatable bonds is 5. The lowest BCUT2D eigenvalue weighted by molar-refractivity contribution is 0.0730. The monoisotopic (exact) mass is 434 g/mol. The van der Waals surface area contributed by atoms with Crippen molar-refractivity contribution in [3.8, 4) is 0 Å². The summed E-state index contributed by atoms with van der Waals surface area (Å²) in [5.74, 6) is -0.350. The molecular weight excluding hydrogens is 408 g/mol. The van der Waals surface area contributed by atoms with E-state index in [0.29, 0.717) is 26.3 Å². The molecule has 1 unspecified atom stereocenters. The molecule has 6 nitrogen and oxygen atoms in total. The van der Waals surface area contributed by atoms with Gasteiger partial charge >= 0.3 is 0 Å². The highest BCUT2D eigenvalue weighted by Gasteiger charge is 2.31. The fourth-order valence-electron chi connectivity index (χ4n) is 3.96. The van der Waals surface area contributed by atoms with E-state index in [0.717, 1.165) is 29.7 Å². The SMILES string of the molecule is CC(NC(=O)c1sccc1S(=O)(=O)N1CCOCC1)c1ccc2c(c1)CCCC2. The number of sulfonamides is 1. The van der Waals surface area contributed by atoms with E-state index >= 15 is 0 Å². The number of nitrogens with one attached hydrogen (secondary N) is 1. The van der Waals surface area contributed by atoms with Crippen LogP contribution in [0.4, 0.5) is 0 Å². The lowest BCUT2D eigenvalue weighted by Crippen LogP contribution is -2.41. The number of amides is 1. The molecule has 1 atom stereocenters. The molecule has 1 aliphatic heterocycles. The van der Waals surface area contributed by atoms with E-state index in [-0.39, 0.29) is 21.7 Å². The molecule has 1 aromatic heterocycles. The van der Waals surface area contributed by atoms with Crippen molar-refractivity contribution in [1.82, 2.24) is 9.62 Å². The average Bonchev–Trinajstić information content (AvgIpc) is 3.25. The summed E-state index contributed by atoms with van der Waals surface area (Å²) >= 11 is 1.16. The van der Waals surface area contributed by atoms with Crippen LogP contribution in [0.25, 0.3) is 0 Å². The molecular formula is C21H26N2O4S2. The molecule has 0 bridgehead atoms. The fourth-order valence-corrected chi connectivity index (χ4v) is 6.67. The van der Waals surface area contributed by atoms with Crippen molar-refractivity contribution in [3.63, 3.8) is 0 Å². The van der Waals surface area contributed by atoms with E-state index in [1.165, 1.54) is 34.3 Å². The number of carbonyl (C=O) groups is 1. The Morgan fingerprint density at radius 2 is 1.86 bits per heavy atom. The zero-order chi connectivity index (χ0) is 20.4. The van der Waals surface area contributed by atoms with Gasteiger partial charge in [0.2, 0.25) is 10.0 Å². The van der Waals surface area contributed by atoms with Crippen LogP contribution in [0.3, 0.4) is 0 Å². The second kappa shape index (κ2) is 8.55. The molecule has 1 amide bonds. The summed E-state index contributed by atoms with van der Waals surface area (Å²) < 4.78 is 32.6. The maximum absolute atomic E-state index is 13.0. The van der Waals surface area contributed by atoms with Crippen LogP contribution in [0.2, 0.25) is 0 Å². The van der Waals surface area contributed by atoms with Gasteiger partial charge < -0.3 is 10.1 Å². The molecule has 1 aromatic carbocycles. The maximum atomic E-state index is 13.0. The minimum Gasteiger partial charge on any atom is -0.379 e. The Morgan fingerprint density at radius 3 is 2.62 bits per heavy atom. The van der Waals surface area contributed by atoms with Crippen molar-refractivity contribution < 1.29 is 17.9 Å². The van der Waals surface area contributed by atoms with E-state index in [1.807, 2.05) is 6.92 Å². The van der Waals surface area contributed by atoms with Crippen molar-refractivity contribution in [1.29, 1.82) is 0 Å². The number of benzene rings is 1. The van der Waals surface area contributed by atoms with Crippen LogP contribution in [0.1, 0.15) is 52.2 Å². The number of nitrogens with zero attached hydrogens (tertiary/aromatic N) is 1. The summed E-state index contributed by atoms with van der Waals surface area (Å²) in [6.45, 7) is 3.31. The van der Waals surface area contributed by atoms with Gasteiger partial charge in [0.15, 0.2) is 0 Å². The number of thiophene rings is 1. The molecule has 0 saturated carbocycles. The Kier molecular flexibility index (Phi) is 6.06. The highest BCUT2D eigenvalue weighted by atomic mass is 32.2. The van der Waals surface area contributed by atoms with Gasteiger partial charge in [-0.1, -0.05) is 18.2 Å². The molecule has 1 aliphatic carbocycles. The highest BCUT2D eigenvalue weighted by Crippen LogP contribution is 2.28. The van der Waals surface area contributed by atoms with Gasteiger partial charge in [0.25, 0.3) is 5.91 Å². The predicted octanol–water partition coefficient (Wildman–Crippen LogP) is 3.14. The molecule has 0 spiro atoms. The summed E-state index contributed by atoms with van der Waals surface area (Å²) in [7, 11) is -3.70. The Labute approximate surface area is 175 Å².